The Hall–Kier alpha value is -2.66. The molecule has 136 valence electrons. The number of hydrazine groups is 3. The number of amides is 1. The van der Waals surface area contributed by atoms with Gasteiger partial charge in [0.2, 0.25) is 5.91 Å². The number of benzene rings is 1. The van der Waals surface area contributed by atoms with Gasteiger partial charge in [0.05, 0.1) is 10.9 Å². The molecule has 1 fully saturated rings. The number of carbonyl (C=O) groups is 1. The summed E-state index contributed by atoms with van der Waals surface area (Å²) in [6.07, 6.45) is 0.424. The Morgan fingerprint density at radius 3 is 2.85 bits per heavy atom. The van der Waals surface area contributed by atoms with Gasteiger partial charge in [0, 0.05) is 17.8 Å². The normalized spacial score (nSPS) is 15.2. The van der Waals surface area contributed by atoms with E-state index in [4.69, 9.17) is 0 Å². The van der Waals surface area contributed by atoms with Crippen LogP contribution >= 0.6 is 0 Å². The molecule has 1 saturated heterocycles. The van der Waals surface area contributed by atoms with E-state index in [1.165, 1.54) is 6.07 Å². The molecule has 0 saturated carbocycles. The molecule has 5 N–H and O–H groups in total. The van der Waals surface area contributed by atoms with E-state index in [1.807, 2.05) is 13.8 Å². The smallest absolute Gasteiger partial charge is 0.222 e. The number of carbonyl (C=O) groups excluding carboxylic acids is 1. The maximum Gasteiger partial charge on any atom is 0.222 e. The van der Waals surface area contributed by atoms with Crippen molar-refractivity contribution in [2.75, 3.05) is 0 Å². The van der Waals surface area contributed by atoms with E-state index in [9.17, 15) is 9.18 Å². The second-order valence-corrected chi connectivity index (χ2v) is 6.17. The topological polar surface area (TPSA) is 107 Å². The number of aryl methyl sites for hydroxylation is 2. The van der Waals surface area contributed by atoms with Gasteiger partial charge in [0.1, 0.15) is 5.82 Å². The van der Waals surface area contributed by atoms with Crippen LogP contribution in [0.15, 0.2) is 18.2 Å². The summed E-state index contributed by atoms with van der Waals surface area (Å²) >= 11 is 0. The van der Waals surface area contributed by atoms with Crippen molar-refractivity contribution in [3.63, 3.8) is 0 Å². The summed E-state index contributed by atoms with van der Waals surface area (Å²) in [5, 5.41) is 7.66. The highest BCUT2D eigenvalue weighted by atomic mass is 19.1. The quantitative estimate of drug-likeness (QED) is 0.450. The summed E-state index contributed by atoms with van der Waals surface area (Å²) in [5.41, 5.74) is 14.5. The molecule has 0 unspecified atom stereocenters. The van der Waals surface area contributed by atoms with Gasteiger partial charge in [0.15, 0.2) is 11.9 Å². The minimum absolute atomic E-state index is 0.115. The first-order chi connectivity index (χ1) is 12.5. The fraction of sp³-hybridized carbons (Fsp3) is 0.312. The lowest BCUT2D eigenvalue weighted by molar-refractivity contribution is -0.122. The third-order valence-electron chi connectivity index (χ3n) is 4.49. The summed E-state index contributed by atoms with van der Waals surface area (Å²) in [6, 6.07) is 4.80. The number of rotatable bonds is 4. The molecule has 26 heavy (non-hydrogen) atoms. The van der Waals surface area contributed by atoms with Crippen molar-refractivity contribution in [2.24, 2.45) is 0 Å². The van der Waals surface area contributed by atoms with Crippen molar-refractivity contribution in [1.29, 1.82) is 0 Å². The fourth-order valence-electron chi connectivity index (χ4n) is 3.19. The molecule has 9 nitrogen and oxygen atoms in total. The number of nitrogens with zero attached hydrogens (tertiary/aromatic N) is 3. The van der Waals surface area contributed by atoms with Gasteiger partial charge in [-0.15, -0.1) is 0 Å². The van der Waals surface area contributed by atoms with Crippen LogP contribution in [0.5, 0.6) is 0 Å². The second kappa shape index (κ2) is 6.57. The lowest BCUT2D eigenvalue weighted by Gasteiger charge is -2.13. The van der Waals surface area contributed by atoms with Crippen molar-refractivity contribution < 1.29 is 9.18 Å². The Morgan fingerprint density at radius 1 is 1.31 bits per heavy atom. The first-order valence-corrected chi connectivity index (χ1v) is 8.28. The Labute approximate surface area is 148 Å². The van der Waals surface area contributed by atoms with Gasteiger partial charge in [-0.3, -0.25) is 4.79 Å². The van der Waals surface area contributed by atoms with E-state index in [-0.39, 0.29) is 18.0 Å². The van der Waals surface area contributed by atoms with Gasteiger partial charge >= 0.3 is 0 Å². The number of nitrogens with one attached hydrogen (secondary N) is 5. The third kappa shape index (κ3) is 2.88. The van der Waals surface area contributed by atoms with Crippen molar-refractivity contribution >= 4 is 22.5 Å². The average molecular weight is 358 g/mol. The molecule has 1 aliphatic heterocycles. The van der Waals surface area contributed by atoms with E-state index in [1.54, 1.807) is 16.6 Å². The van der Waals surface area contributed by atoms with E-state index in [0.717, 1.165) is 17.0 Å². The van der Waals surface area contributed by atoms with Crippen LogP contribution in [0.1, 0.15) is 23.4 Å². The van der Waals surface area contributed by atoms with Gasteiger partial charge in [-0.25, -0.2) is 24.7 Å². The number of halogens is 1. The van der Waals surface area contributed by atoms with E-state index in [2.05, 4.69) is 37.3 Å². The largest absolute Gasteiger partial charge is 0.326 e. The van der Waals surface area contributed by atoms with Crippen LogP contribution < -0.4 is 27.2 Å². The van der Waals surface area contributed by atoms with Crippen LogP contribution in [-0.2, 0) is 11.2 Å². The summed E-state index contributed by atoms with van der Waals surface area (Å²) < 4.78 is 15.8. The summed E-state index contributed by atoms with van der Waals surface area (Å²) in [6.45, 7) is 3.78. The molecule has 2 aromatic heterocycles. The molecular weight excluding hydrogens is 339 g/mol. The number of fused-ring (bicyclic) bond motifs is 3. The van der Waals surface area contributed by atoms with Crippen LogP contribution in [0.25, 0.3) is 16.6 Å². The standard InChI is InChI=1S/C16H19FN8O/c1-8-10(6-7-13(26)19-16-20-23-24-21-16)9(2)25-15(18-8)14-11(17)4-3-5-12(14)22-25/h3-5,16,20-21,23-24H,6-7H2,1-2H3,(H,19,26). The first kappa shape index (κ1) is 16.8. The lowest BCUT2D eigenvalue weighted by atomic mass is 10.1. The third-order valence-corrected chi connectivity index (χ3v) is 4.49. The molecule has 0 aliphatic carbocycles. The summed E-state index contributed by atoms with van der Waals surface area (Å²) in [4.78, 5) is 16.7. The van der Waals surface area contributed by atoms with Gasteiger partial charge < -0.3 is 5.32 Å². The van der Waals surface area contributed by atoms with E-state index < -0.39 is 0 Å². The summed E-state index contributed by atoms with van der Waals surface area (Å²) in [5.74, 6) is -0.453. The van der Waals surface area contributed by atoms with Crippen LogP contribution in [0.4, 0.5) is 4.39 Å². The second-order valence-electron chi connectivity index (χ2n) is 6.17. The molecule has 1 aromatic carbocycles. The van der Waals surface area contributed by atoms with Crippen LogP contribution in [0, 0.1) is 19.7 Å². The molecule has 1 aliphatic rings. The molecule has 0 bridgehead atoms. The van der Waals surface area contributed by atoms with Crippen molar-refractivity contribution in [3.05, 3.63) is 41.0 Å². The SMILES string of the molecule is Cc1nc2c3c(F)cccc3nn2c(C)c1CCC(=O)NC1NNNN1. The zero-order valence-corrected chi connectivity index (χ0v) is 14.4. The maximum atomic E-state index is 14.2. The Bertz CT molecular complexity index is 995. The lowest BCUT2D eigenvalue weighted by Crippen LogP contribution is -2.49. The molecule has 0 atom stereocenters. The molecule has 4 rings (SSSR count). The van der Waals surface area contributed by atoms with Gasteiger partial charge in [-0.05, 0) is 38.0 Å². The predicted octanol–water partition coefficient (Wildman–Crippen LogP) is 0.0878. The van der Waals surface area contributed by atoms with Crippen LogP contribution in [-0.4, -0.2) is 26.8 Å². The summed E-state index contributed by atoms with van der Waals surface area (Å²) in [7, 11) is 0. The van der Waals surface area contributed by atoms with Crippen LogP contribution in [0.3, 0.4) is 0 Å². The van der Waals surface area contributed by atoms with Gasteiger partial charge in [-0.2, -0.15) is 16.2 Å². The molecule has 3 aromatic rings. The zero-order chi connectivity index (χ0) is 18.3. The van der Waals surface area contributed by atoms with E-state index in [0.29, 0.717) is 29.4 Å². The number of hydrogen-bond acceptors (Lipinski definition) is 7. The van der Waals surface area contributed by atoms with Crippen molar-refractivity contribution in [2.45, 2.75) is 33.0 Å². The monoisotopic (exact) mass is 358 g/mol. The van der Waals surface area contributed by atoms with Crippen LogP contribution in [0.2, 0.25) is 0 Å². The molecular formula is C16H19FN8O. The van der Waals surface area contributed by atoms with Gasteiger partial charge in [-0.1, -0.05) is 6.07 Å². The first-order valence-electron chi connectivity index (χ1n) is 8.28. The van der Waals surface area contributed by atoms with E-state index >= 15 is 0 Å². The van der Waals surface area contributed by atoms with Crippen molar-refractivity contribution in [1.82, 2.24) is 41.8 Å². The maximum absolute atomic E-state index is 14.2. The molecule has 10 heteroatoms. The Morgan fingerprint density at radius 2 is 2.08 bits per heavy atom. The number of aromatic nitrogens is 3. The minimum Gasteiger partial charge on any atom is -0.326 e. The Kier molecular flexibility index (Phi) is 4.24. The molecule has 3 heterocycles. The van der Waals surface area contributed by atoms with Gasteiger partial charge in [0.25, 0.3) is 0 Å². The molecule has 0 radical (unpaired) electrons. The number of hydrogen-bond donors (Lipinski definition) is 5. The highest BCUT2D eigenvalue weighted by Gasteiger charge is 2.18. The van der Waals surface area contributed by atoms with Crippen molar-refractivity contribution in [3.8, 4) is 0 Å². The Balaban J connectivity index is 1.62. The zero-order valence-electron chi connectivity index (χ0n) is 14.4. The minimum atomic E-state index is -0.385. The highest BCUT2D eigenvalue weighted by Crippen LogP contribution is 2.25. The molecule has 0 spiro atoms. The average Bonchev–Trinajstić information content (AvgIpc) is 3.23. The highest BCUT2D eigenvalue weighted by molar-refractivity contribution is 5.92. The fourth-order valence-corrected chi connectivity index (χ4v) is 3.19. The molecule has 1 amide bonds. The predicted molar refractivity (Wildman–Crippen MR) is 92.7 cm³/mol.